The number of likely N-dealkylation sites (tertiary alicyclic amines) is 1. The number of benzene rings is 1. The quantitative estimate of drug-likeness (QED) is 0.905. The third kappa shape index (κ3) is 4.13. The maximum atomic E-state index is 12.0. The summed E-state index contributed by atoms with van der Waals surface area (Å²) in [5, 5.41) is 3.74. The standard InChI is InChI=1S/C15H21ClN2O/c1-12-7-10-18(11-8-12)15(19)17-9-6-13-4-2-3-5-14(13)16/h2-5,12H,6-11H2,1H3,(H,17,19). The van der Waals surface area contributed by atoms with E-state index < -0.39 is 0 Å². The van der Waals surface area contributed by atoms with Crippen LogP contribution in [0, 0.1) is 5.92 Å². The van der Waals surface area contributed by atoms with E-state index in [1.807, 2.05) is 29.2 Å². The van der Waals surface area contributed by atoms with E-state index in [2.05, 4.69) is 12.2 Å². The molecule has 1 fully saturated rings. The molecule has 1 N–H and O–H groups in total. The van der Waals surface area contributed by atoms with E-state index in [1.165, 1.54) is 0 Å². The molecule has 0 spiro atoms. The largest absolute Gasteiger partial charge is 0.338 e. The molecule has 19 heavy (non-hydrogen) atoms. The van der Waals surface area contributed by atoms with Crippen LogP contribution in [0.25, 0.3) is 0 Å². The van der Waals surface area contributed by atoms with Gasteiger partial charge in [0, 0.05) is 24.7 Å². The van der Waals surface area contributed by atoms with E-state index in [9.17, 15) is 4.79 Å². The molecule has 2 rings (SSSR count). The number of carbonyl (C=O) groups excluding carboxylic acids is 1. The van der Waals surface area contributed by atoms with Crippen LogP contribution in [0.2, 0.25) is 5.02 Å². The Balaban J connectivity index is 1.74. The molecule has 0 saturated carbocycles. The Bertz CT molecular complexity index is 428. The number of halogens is 1. The Kier molecular flexibility index (Phi) is 5.08. The first-order chi connectivity index (χ1) is 9.16. The van der Waals surface area contributed by atoms with Gasteiger partial charge in [0.25, 0.3) is 0 Å². The molecule has 0 aliphatic carbocycles. The number of rotatable bonds is 3. The number of urea groups is 1. The Hall–Kier alpha value is -1.22. The first-order valence-corrected chi connectivity index (χ1v) is 7.31. The number of amides is 2. The smallest absolute Gasteiger partial charge is 0.317 e. The summed E-state index contributed by atoms with van der Waals surface area (Å²) in [6.07, 6.45) is 2.99. The van der Waals surface area contributed by atoms with E-state index in [-0.39, 0.29) is 6.03 Å². The Morgan fingerprint density at radius 1 is 1.37 bits per heavy atom. The average Bonchev–Trinajstić information content (AvgIpc) is 2.41. The van der Waals surface area contributed by atoms with E-state index in [4.69, 9.17) is 11.6 Å². The Morgan fingerprint density at radius 3 is 2.74 bits per heavy atom. The zero-order chi connectivity index (χ0) is 13.7. The van der Waals surface area contributed by atoms with E-state index in [1.54, 1.807) is 0 Å². The van der Waals surface area contributed by atoms with Crippen LogP contribution in [-0.4, -0.2) is 30.6 Å². The number of hydrogen-bond donors (Lipinski definition) is 1. The molecule has 104 valence electrons. The molecule has 2 amide bonds. The minimum atomic E-state index is 0.0546. The van der Waals surface area contributed by atoms with Crippen LogP contribution in [0.15, 0.2) is 24.3 Å². The van der Waals surface area contributed by atoms with E-state index in [0.29, 0.717) is 6.54 Å². The van der Waals surface area contributed by atoms with Gasteiger partial charge in [-0.05, 0) is 36.8 Å². The summed E-state index contributed by atoms with van der Waals surface area (Å²) in [7, 11) is 0. The second kappa shape index (κ2) is 6.80. The molecular weight excluding hydrogens is 260 g/mol. The third-order valence-electron chi connectivity index (χ3n) is 3.70. The summed E-state index contributed by atoms with van der Waals surface area (Å²) in [6, 6.07) is 7.81. The molecule has 1 aromatic carbocycles. The zero-order valence-corrected chi connectivity index (χ0v) is 12.1. The molecular formula is C15H21ClN2O. The fourth-order valence-corrected chi connectivity index (χ4v) is 2.56. The second-order valence-electron chi connectivity index (χ2n) is 5.24. The van der Waals surface area contributed by atoms with E-state index in [0.717, 1.165) is 48.9 Å². The summed E-state index contributed by atoms with van der Waals surface area (Å²) < 4.78 is 0. The molecule has 1 saturated heterocycles. The van der Waals surface area contributed by atoms with Gasteiger partial charge < -0.3 is 10.2 Å². The van der Waals surface area contributed by atoms with Gasteiger partial charge in [-0.15, -0.1) is 0 Å². The maximum Gasteiger partial charge on any atom is 0.317 e. The first-order valence-electron chi connectivity index (χ1n) is 6.93. The minimum Gasteiger partial charge on any atom is -0.338 e. The van der Waals surface area contributed by atoms with Crippen LogP contribution in [0.4, 0.5) is 4.79 Å². The lowest BCUT2D eigenvalue weighted by atomic mass is 10.00. The summed E-state index contributed by atoms with van der Waals surface area (Å²) >= 11 is 6.08. The van der Waals surface area contributed by atoms with Gasteiger partial charge in [-0.1, -0.05) is 36.7 Å². The molecule has 1 aliphatic rings. The lowest BCUT2D eigenvalue weighted by molar-refractivity contribution is 0.174. The highest BCUT2D eigenvalue weighted by atomic mass is 35.5. The van der Waals surface area contributed by atoms with Crippen molar-refractivity contribution in [3.63, 3.8) is 0 Å². The number of piperidine rings is 1. The number of hydrogen-bond acceptors (Lipinski definition) is 1. The van der Waals surface area contributed by atoms with Gasteiger partial charge in [-0.2, -0.15) is 0 Å². The lowest BCUT2D eigenvalue weighted by Gasteiger charge is -2.30. The van der Waals surface area contributed by atoms with Crippen molar-refractivity contribution in [2.75, 3.05) is 19.6 Å². The summed E-state index contributed by atoms with van der Waals surface area (Å²) in [5.74, 6) is 0.743. The maximum absolute atomic E-state index is 12.0. The van der Waals surface area contributed by atoms with Crippen molar-refractivity contribution >= 4 is 17.6 Å². The number of nitrogens with zero attached hydrogens (tertiary/aromatic N) is 1. The van der Waals surface area contributed by atoms with Gasteiger partial charge in [0.05, 0.1) is 0 Å². The monoisotopic (exact) mass is 280 g/mol. The molecule has 0 atom stereocenters. The number of carbonyl (C=O) groups is 1. The van der Waals surface area contributed by atoms with Crippen LogP contribution >= 0.6 is 11.6 Å². The van der Waals surface area contributed by atoms with Gasteiger partial charge in [-0.3, -0.25) is 0 Å². The molecule has 4 heteroatoms. The highest BCUT2D eigenvalue weighted by molar-refractivity contribution is 6.31. The average molecular weight is 281 g/mol. The minimum absolute atomic E-state index is 0.0546. The fraction of sp³-hybridized carbons (Fsp3) is 0.533. The van der Waals surface area contributed by atoms with Crippen molar-refractivity contribution in [1.82, 2.24) is 10.2 Å². The van der Waals surface area contributed by atoms with Crippen molar-refractivity contribution in [3.8, 4) is 0 Å². The van der Waals surface area contributed by atoms with E-state index >= 15 is 0 Å². The van der Waals surface area contributed by atoms with Gasteiger partial charge in [0.15, 0.2) is 0 Å². The van der Waals surface area contributed by atoms with Gasteiger partial charge >= 0.3 is 6.03 Å². The zero-order valence-electron chi connectivity index (χ0n) is 11.4. The lowest BCUT2D eigenvalue weighted by Crippen LogP contribution is -2.44. The van der Waals surface area contributed by atoms with Crippen LogP contribution < -0.4 is 5.32 Å². The van der Waals surface area contributed by atoms with Crippen LogP contribution in [0.3, 0.4) is 0 Å². The normalized spacial score (nSPS) is 16.4. The first kappa shape index (κ1) is 14.2. The summed E-state index contributed by atoms with van der Waals surface area (Å²) in [5.41, 5.74) is 1.08. The van der Waals surface area contributed by atoms with Crippen LogP contribution in [-0.2, 0) is 6.42 Å². The Morgan fingerprint density at radius 2 is 2.05 bits per heavy atom. The highest BCUT2D eigenvalue weighted by Gasteiger charge is 2.19. The van der Waals surface area contributed by atoms with Crippen LogP contribution in [0.5, 0.6) is 0 Å². The third-order valence-corrected chi connectivity index (χ3v) is 4.07. The molecule has 3 nitrogen and oxygen atoms in total. The fourth-order valence-electron chi connectivity index (χ4n) is 2.33. The SMILES string of the molecule is CC1CCN(C(=O)NCCc2ccccc2Cl)CC1. The molecule has 0 bridgehead atoms. The second-order valence-corrected chi connectivity index (χ2v) is 5.65. The van der Waals surface area contributed by atoms with Gasteiger partial charge in [0.1, 0.15) is 0 Å². The molecule has 0 unspecified atom stereocenters. The van der Waals surface area contributed by atoms with Crippen molar-refractivity contribution in [2.45, 2.75) is 26.2 Å². The highest BCUT2D eigenvalue weighted by Crippen LogP contribution is 2.16. The van der Waals surface area contributed by atoms with Crippen molar-refractivity contribution in [1.29, 1.82) is 0 Å². The van der Waals surface area contributed by atoms with Crippen molar-refractivity contribution < 1.29 is 4.79 Å². The predicted octanol–water partition coefficient (Wildman–Crippen LogP) is 3.32. The van der Waals surface area contributed by atoms with Crippen molar-refractivity contribution in [3.05, 3.63) is 34.9 Å². The molecule has 1 aromatic rings. The molecule has 1 aliphatic heterocycles. The van der Waals surface area contributed by atoms with Gasteiger partial charge in [-0.25, -0.2) is 4.79 Å². The van der Waals surface area contributed by atoms with Gasteiger partial charge in [0.2, 0.25) is 0 Å². The molecule has 0 radical (unpaired) electrons. The molecule has 1 heterocycles. The number of nitrogens with one attached hydrogen (secondary N) is 1. The van der Waals surface area contributed by atoms with Crippen molar-refractivity contribution in [2.24, 2.45) is 5.92 Å². The predicted molar refractivity (Wildman–Crippen MR) is 78.5 cm³/mol. The Labute approximate surface area is 119 Å². The molecule has 0 aromatic heterocycles. The summed E-state index contributed by atoms with van der Waals surface area (Å²) in [4.78, 5) is 13.9. The van der Waals surface area contributed by atoms with Crippen LogP contribution in [0.1, 0.15) is 25.3 Å². The topological polar surface area (TPSA) is 32.3 Å². The summed E-state index contributed by atoms with van der Waals surface area (Å²) in [6.45, 7) is 4.62.